The third kappa shape index (κ3) is 2.33. The van der Waals surface area contributed by atoms with Gasteiger partial charge in [-0.25, -0.2) is 4.98 Å². The van der Waals surface area contributed by atoms with Crippen LogP contribution in [-0.4, -0.2) is 15.6 Å². The summed E-state index contributed by atoms with van der Waals surface area (Å²) in [5.74, 6) is 0.880. The molecule has 17 heavy (non-hydrogen) atoms. The monoisotopic (exact) mass is 311 g/mol. The molecule has 2 aromatic rings. The minimum Gasteiger partial charge on any atom is -0.353 e. The summed E-state index contributed by atoms with van der Waals surface area (Å²) in [6.45, 7) is 0. The lowest BCUT2D eigenvalue weighted by Crippen LogP contribution is -2.07. The fourth-order valence-electron chi connectivity index (χ4n) is 1.66. The summed E-state index contributed by atoms with van der Waals surface area (Å²) in [4.78, 5) is 4.32. The molecule has 0 bridgehead atoms. The molecule has 0 atom stereocenters. The highest BCUT2D eigenvalue weighted by molar-refractivity contribution is 9.10. The van der Waals surface area contributed by atoms with Gasteiger partial charge in [-0.2, -0.15) is 0 Å². The van der Waals surface area contributed by atoms with Crippen LogP contribution in [0.25, 0.3) is 5.69 Å². The van der Waals surface area contributed by atoms with Gasteiger partial charge in [0, 0.05) is 22.9 Å². The van der Waals surface area contributed by atoms with E-state index in [2.05, 4.69) is 26.2 Å². The Kier molecular flexibility index (Phi) is 2.84. The fourth-order valence-corrected chi connectivity index (χ4v) is 2.09. The van der Waals surface area contributed by atoms with Crippen molar-refractivity contribution in [3.8, 4) is 5.69 Å². The van der Waals surface area contributed by atoms with Gasteiger partial charge < -0.3 is 5.32 Å². The van der Waals surface area contributed by atoms with E-state index in [1.807, 2.05) is 29.0 Å². The first-order valence-corrected chi connectivity index (χ1v) is 6.66. The molecule has 0 unspecified atom stereocenters. The van der Waals surface area contributed by atoms with E-state index in [0.717, 1.165) is 16.1 Å². The van der Waals surface area contributed by atoms with Crippen molar-refractivity contribution in [1.29, 1.82) is 0 Å². The molecule has 1 N–H and O–H groups in total. The first-order chi connectivity index (χ1) is 8.24. The molecule has 1 aromatic carbocycles. The number of anilines is 1. The maximum absolute atomic E-state index is 6.10. The Bertz CT molecular complexity index is 548. The zero-order chi connectivity index (χ0) is 11.8. The SMILES string of the molecule is Clc1cc(-n2ccnc2NC2CC2)ccc1Br. The van der Waals surface area contributed by atoms with Gasteiger partial charge in [0.1, 0.15) is 0 Å². The molecular formula is C12H11BrClN3. The van der Waals surface area contributed by atoms with Crippen molar-refractivity contribution in [1.82, 2.24) is 9.55 Å². The second-order valence-corrected chi connectivity index (χ2v) is 5.40. The number of hydrogen-bond donors (Lipinski definition) is 1. The van der Waals surface area contributed by atoms with Crippen molar-refractivity contribution in [2.45, 2.75) is 18.9 Å². The molecule has 1 aromatic heterocycles. The highest BCUT2D eigenvalue weighted by Crippen LogP contribution is 2.28. The van der Waals surface area contributed by atoms with E-state index >= 15 is 0 Å². The second kappa shape index (κ2) is 4.35. The van der Waals surface area contributed by atoms with Crippen LogP contribution >= 0.6 is 27.5 Å². The number of benzene rings is 1. The highest BCUT2D eigenvalue weighted by Gasteiger charge is 2.22. The molecule has 1 heterocycles. The fraction of sp³-hybridized carbons (Fsp3) is 0.250. The van der Waals surface area contributed by atoms with Gasteiger partial charge in [-0.05, 0) is 47.0 Å². The van der Waals surface area contributed by atoms with Gasteiger partial charge in [-0.3, -0.25) is 4.57 Å². The van der Waals surface area contributed by atoms with Crippen LogP contribution in [0.1, 0.15) is 12.8 Å². The van der Waals surface area contributed by atoms with Crippen LogP contribution in [0.2, 0.25) is 5.02 Å². The second-order valence-electron chi connectivity index (χ2n) is 4.14. The van der Waals surface area contributed by atoms with Crippen molar-refractivity contribution in [2.75, 3.05) is 5.32 Å². The minimum atomic E-state index is 0.585. The smallest absolute Gasteiger partial charge is 0.207 e. The molecule has 0 saturated heterocycles. The average Bonchev–Trinajstić information content (AvgIpc) is 3.00. The molecule has 3 nitrogen and oxygen atoms in total. The molecule has 0 spiro atoms. The highest BCUT2D eigenvalue weighted by atomic mass is 79.9. The van der Waals surface area contributed by atoms with Gasteiger partial charge >= 0.3 is 0 Å². The van der Waals surface area contributed by atoms with Gasteiger partial charge in [0.15, 0.2) is 0 Å². The maximum atomic E-state index is 6.10. The summed E-state index contributed by atoms with van der Waals surface area (Å²) in [6, 6.07) is 6.46. The van der Waals surface area contributed by atoms with Crippen molar-refractivity contribution >= 4 is 33.5 Å². The largest absolute Gasteiger partial charge is 0.353 e. The van der Waals surface area contributed by atoms with Crippen LogP contribution in [0.15, 0.2) is 35.1 Å². The lowest BCUT2D eigenvalue weighted by atomic mass is 10.3. The van der Waals surface area contributed by atoms with Gasteiger partial charge in [0.25, 0.3) is 0 Å². The van der Waals surface area contributed by atoms with Crippen molar-refractivity contribution < 1.29 is 0 Å². The third-order valence-corrected chi connectivity index (χ3v) is 3.97. The van der Waals surface area contributed by atoms with Gasteiger partial charge in [-0.15, -0.1) is 0 Å². The summed E-state index contributed by atoms with van der Waals surface area (Å²) < 4.78 is 2.91. The Hall–Kier alpha value is -1.00. The normalized spacial score (nSPS) is 14.9. The zero-order valence-electron chi connectivity index (χ0n) is 9.03. The molecule has 88 valence electrons. The van der Waals surface area contributed by atoms with Crippen molar-refractivity contribution in [3.05, 3.63) is 40.1 Å². The summed E-state index contributed by atoms with van der Waals surface area (Å²) in [5.41, 5.74) is 1.01. The van der Waals surface area contributed by atoms with Crippen LogP contribution in [0.5, 0.6) is 0 Å². The van der Waals surface area contributed by atoms with Crippen molar-refractivity contribution in [3.63, 3.8) is 0 Å². The number of halogens is 2. The van der Waals surface area contributed by atoms with Gasteiger partial charge in [0.05, 0.1) is 10.7 Å². The van der Waals surface area contributed by atoms with Crippen LogP contribution in [0, 0.1) is 0 Å². The number of aromatic nitrogens is 2. The molecule has 1 aliphatic carbocycles. The van der Waals surface area contributed by atoms with E-state index < -0.39 is 0 Å². The molecule has 1 aliphatic rings. The first kappa shape index (κ1) is 11.1. The predicted molar refractivity (Wildman–Crippen MR) is 72.9 cm³/mol. The summed E-state index contributed by atoms with van der Waals surface area (Å²) in [7, 11) is 0. The van der Waals surface area contributed by atoms with E-state index in [-0.39, 0.29) is 0 Å². The molecule has 1 fully saturated rings. The van der Waals surface area contributed by atoms with E-state index in [9.17, 15) is 0 Å². The van der Waals surface area contributed by atoms with Crippen molar-refractivity contribution in [2.24, 2.45) is 0 Å². The molecule has 5 heteroatoms. The number of nitrogens with one attached hydrogen (secondary N) is 1. The summed E-state index contributed by atoms with van der Waals surface area (Å²) >= 11 is 9.49. The minimum absolute atomic E-state index is 0.585. The number of imidazole rings is 1. The number of rotatable bonds is 3. The number of hydrogen-bond acceptors (Lipinski definition) is 2. The van der Waals surface area contributed by atoms with Gasteiger partial charge in [0.2, 0.25) is 5.95 Å². The molecule has 1 saturated carbocycles. The topological polar surface area (TPSA) is 29.9 Å². The molecule has 3 rings (SSSR count). The Morgan fingerprint density at radius 2 is 2.24 bits per heavy atom. The summed E-state index contributed by atoms with van der Waals surface area (Å²) in [6.07, 6.45) is 6.19. The van der Waals surface area contributed by atoms with E-state index in [1.165, 1.54) is 12.8 Å². The van der Waals surface area contributed by atoms with Crippen LogP contribution in [-0.2, 0) is 0 Å². The Morgan fingerprint density at radius 1 is 1.41 bits per heavy atom. The number of nitrogens with zero attached hydrogens (tertiary/aromatic N) is 2. The molecule has 0 amide bonds. The summed E-state index contributed by atoms with van der Waals surface area (Å²) in [5, 5.41) is 4.10. The van der Waals surface area contributed by atoms with Gasteiger partial charge in [-0.1, -0.05) is 11.6 Å². The Balaban J connectivity index is 1.96. The molecular weight excluding hydrogens is 302 g/mol. The average molecular weight is 313 g/mol. The maximum Gasteiger partial charge on any atom is 0.207 e. The standard InChI is InChI=1S/C12H11BrClN3/c13-10-4-3-9(7-11(10)14)17-6-5-15-12(17)16-8-1-2-8/h3-8H,1-2H2,(H,15,16). The van der Waals surface area contributed by atoms with E-state index in [4.69, 9.17) is 11.6 Å². The van der Waals surface area contributed by atoms with Crippen LogP contribution in [0.4, 0.5) is 5.95 Å². The molecule has 0 radical (unpaired) electrons. The molecule has 0 aliphatic heterocycles. The lowest BCUT2D eigenvalue weighted by molar-refractivity contribution is 1.00. The Labute approximate surface area is 113 Å². The first-order valence-electron chi connectivity index (χ1n) is 5.49. The Morgan fingerprint density at radius 3 is 2.94 bits per heavy atom. The van der Waals surface area contributed by atoms with Crippen LogP contribution in [0.3, 0.4) is 0 Å². The lowest BCUT2D eigenvalue weighted by Gasteiger charge is -2.09. The quantitative estimate of drug-likeness (QED) is 0.932. The van der Waals surface area contributed by atoms with Crippen LogP contribution < -0.4 is 5.32 Å². The third-order valence-electron chi connectivity index (χ3n) is 2.73. The zero-order valence-corrected chi connectivity index (χ0v) is 11.4. The van der Waals surface area contributed by atoms with E-state index in [0.29, 0.717) is 11.1 Å². The van der Waals surface area contributed by atoms with E-state index in [1.54, 1.807) is 6.20 Å². The predicted octanol–water partition coefficient (Wildman–Crippen LogP) is 3.86.